The van der Waals surface area contributed by atoms with Crippen molar-refractivity contribution in [3.63, 3.8) is 0 Å². The zero-order valence-electron chi connectivity index (χ0n) is 16.3. The standard InChI is InChI=1S/C22H32N2O2S/c25-21(23-18-11-5-2-1-3-6-12-18)17-27-20-14-8-7-13-19(20)22(26)24-15-9-4-10-16-24/h7-8,13-14,18H,1-6,9-12,15-17H2,(H,23,25). The summed E-state index contributed by atoms with van der Waals surface area (Å²) in [6.45, 7) is 1.69. The Kier molecular flexibility index (Phi) is 8.06. The molecule has 0 aromatic heterocycles. The highest BCUT2D eigenvalue weighted by Gasteiger charge is 2.21. The van der Waals surface area contributed by atoms with E-state index in [4.69, 9.17) is 0 Å². The lowest BCUT2D eigenvalue weighted by atomic mass is 9.97. The number of likely N-dealkylation sites (tertiary alicyclic amines) is 1. The largest absolute Gasteiger partial charge is 0.353 e. The number of piperidine rings is 1. The van der Waals surface area contributed by atoms with Crippen molar-refractivity contribution in [2.24, 2.45) is 0 Å². The number of hydrogen-bond donors (Lipinski definition) is 1. The molecule has 0 atom stereocenters. The Morgan fingerprint density at radius 1 is 0.926 bits per heavy atom. The Balaban J connectivity index is 1.54. The summed E-state index contributed by atoms with van der Waals surface area (Å²) in [5.41, 5.74) is 0.739. The first-order chi connectivity index (χ1) is 13.2. The normalized spacial score (nSPS) is 19.2. The Hall–Kier alpha value is -1.49. The second-order valence-corrected chi connectivity index (χ2v) is 8.76. The SMILES string of the molecule is O=C(CSc1ccccc1C(=O)N1CCCCC1)NC1CCCCCCC1. The minimum absolute atomic E-state index is 0.0887. The average molecular weight is 389 g/mol. The van der Waals surface area contributed by atoms with Gasteiger partial charge in [0.15, 0.2) is 0 Å². The van der Waals surface area contributed by atoms with Crippen LogP contribution in [0.4, 0.5) is 0 Å². The molecule has 0 bridgehead atoms. The maximum atomic E-state index is 12.9. The zero-order valence-corrected chi connectivity index (χ0v) is 17.1. The van der Waals surface area contributed by atoms with Gasteiger partial charge in [0, 0.05) is 24.0 Å². The van der Waals surface area contributed by atoms with Gasteiger partial charge >= 0.3 is 0 Å². The third-order valence-electron chi connectivity index (χ3n) is 5.59. The molecular formula is C22H32N2O2S. The number of rotatable bonds is 5. The molecule has 0 radical (unpaired) electrons. The van der Waals surface area contributed by atoms with Crippen LogP contribution < -0.4 is 5.32 Å². The molecule has 1 aromatic rings. The molecule has 3 rings (SSSR count). The summed E-state index contributed by atoms with van der Waals surface area (Å²) in [6, 6.07) is 8.04. The molecule has 148 valence electrons. The van der Waals surface area contributed by atoms with Crippen molar-refractivity contribution < 1.29 is 9.59 Å². The first kappa shape index (κ1) is 20.2. The van der Waals surface area contributed by atoms with Crippen molar-refractivity contribution in [2.45, 2.75) is 75.1 Å². The molecule has 1 saturated heterocycles. The molecule has 4 nitrogen and oxygen atoms in total. The van der Waals surface area contributed by atoms with Crippen LogP contribution in [0.2, 0.25) is 0 Å². The van der Waals surface area contributed by atoms with Gasteiger partial charge in [0.05, 0.1) is 11.3 Å². The smallest absolute Gasteiger partial charge is 0.254 e. The monoisotopic (exact) mass is 388 g/mol. The number of nitrogens with zero attached hydrogens (tertiary/aromatic N) is 1. The molecule has 2 fully saturated rings. The van der Waals surface area contributed by atoms with Gasteiger partial charge in [-0.15, -0.1) is 11.8 Å². The number of nitrogens with one attached hydrogen (secondary N) is 1. The van der Waals surface area contributed by atoms with Crippen LogP contribution in [0.1, 0.15) is 74.6 Å². The number of carbonyl (C=O) groups is 2. The van der Waals surface area contributed by atoms with E-state index >= 15 is 0 Å². The Bertz CT molecular complexity index is 620. The molecule has 2 amide bonds. The van der Waals surface area contributed by atoms with Gasteiger partial charge in [-0.2, -0.15) is 0 Å². The van der Waals surface area contributed by atoms with Gasteiger partial charge in [-0.1, -0.05) is 44.2 Å². The van der Waals surface area contributed by atoms with Crippen molar-refractivity contribution in [2.75, 3.05) is 18.8 Å². The summed E-state index contributed by atoms with van der Waals surface area (Å²) >= 11 is 1.49. The molecule has 1 aromatic carbocycles. The van der Waals surface area contributed by atoms with Crippen LogP contribution in [0.15, 0.2) is 29.2 Å². The number of amides is 2. The van der Waals surface area contributed by atoms with Crippen LogP contribution in [0.25, 0.3) is 0 Å². The van der Waals surface area contributed by atoms with E-state index in [9.17, 15) is 9.59 Å². The van der Waals surface area contributed by atoms with Gasteiger partial charge in [0.25, 0.3) is 5.91 Å². The van der Waals surface area contributed by atoms with Crippen LogP contribution in [-0.4, -0.2) is 41.6 Å². The van der Waals surface area contributed by atoms with Crippen LogP contribution >= 0.6 is 11.8 Å². The molecule has 1 saturated carbocycles. The Morgan fingerprint density at radius 2 is 1.56 bits per heavy atom. The van der Waals surface area contributed by atoms with E-state index < -0.39 is 0 Å². The minimum atomic E-state index is 0.0887. The highest BCUT2D eigenvalue weighted by Crippen LogP contribution is 2.25. The van der Waals surface area contributed by atoms with E-state index in [0.717, 1.165) is 49.2 Å². The highest BCUT2D eigenvalue weighted by atomic mass is 32.2. The second-order valence-electron chi connectivity index (χ2n) is 7.75. The van der Waals surface area contributed by atoms with Crippen LogP contribution in [0, 0.1) is 0 Å². The summed E-state index contributed by atoms with van der Waals surface area (Å²) in [4.78, 5) is 28.2. The molecule has 0 spiro atoms. The third-order valence-corrected chi connectivity index (χ3v) is 6.66. The van der Waals surface area contributed by atoms with E-state index in [2.05, 4.69) is 5.32 Å². The lowest BCUT2D eigenvalue weighted by molar-refractivity contribution is -0.119. The first-order valence-electron chi connectivity index (χ1n) is 10.5. The summed E-state index contributed by atoms with van der Waals surface area (Å²) in [5.74, 6) is 0.574. The van der Waals surface area contributed by atoms with E-state index in [-0.39, 0.29) is 11.8 Å². The molecule has 1 heterocycles. The molecular weight excluding hydrogens is 356 g/mol. The lowest BCUT2D eigenvalue weighted by Crippen LogP contribution is -2.36. The summed E-state index contributed by atoms with van der Waals surface area (Å²) in [6.07, 6.45) is 11.9. The topological polar surface area (TPSA) is 49.4 Å². The van der Waals surface area contributed by atoms with Gasteiger partial charge in [-0.25, -0.2) is 0 Å². The van der Waals surface area contributed by atoms with Gasteiger partial charge in [-0.3, -0.25) is 9.59 Å². The number of benzene rings is 1. The van der Waals surface area contributed by atoms with Crippen molar-refractivity contribution in [3.05, 3.63) is 29.8 Å². The molecule has 1 aliphatic heterocycles. The van der Waals surface area contributed by atoms with Gasteiger partial charge < -0.3 is 10.2 Å². The van der Waals surface area contributed by atoms with Crippen LogP contribution in [0.3, 0.4) is 0 Å². The fourth-order valence-corrected chi connectivity index (χ4v) is 4.91. The maximum absolute atomic E-state index is 12.9. The fourth-order valence-electron chi connectivity index (χ4n) is 4.05. The first-order valence-corrected chi connectivity index (χ1v) is 11.5. The Morgan fingerprint density at radius 3 is 2.30 bits per heavy atom. The van der Waals surface area contributed by atoms with Crippen molar-refractivity contribution in [1.82, 2.24) is 10.2 Å². The predicted molar refractivity (Wildman–Crippen MR) is 111 cm³/mol. The summed E-state index contributed by atoms with van der Waals surface area (Å²) in [7, 11) is 0. The van der Waals surface area contributed by atoms with E-state index in [1.165, 1.54) is 50.3 Å². The molecule has 2 aliphatic rings. The van der Waals surface area contributed by atoms with Crippen molar-refractivity contribution in [3.8, 4) is 0 Å². The third kappa shape index (κ3) is 6.27. The number of hydrogen-bond acceptors (Lipinski definition) is 3. The maximum Gasteiger partial charge on any atom is 0.254 e. The van der Waals surface area contributed by atoms with Crippen LogP contribution in [-0.2, 0) is 4.79 Å². The lowest BCUT2D eigenvalue weighted by Gasteiger charge is -2.27. The van der Waals surface area contributed by atoms with E-state index in [1.54, 1.807) is 0 Å². The molecule has 5 heteroatoms. The Labute approximate surface area is 167 Å². The zero-order chi connectivity index (χ0) is 18.9. The van der Waals surface area contributed by atoms with Crippen molar-refractivity contribution >= 4 is 23.6 Å². The van der Waals surface area contributed by atoms with E-state index in [1.807, 2.05) is 29.2 Å². The predicted octanol–water partition coefficient (Wildman–Crippen LogP) is 4.63. The average Bonchev–Trinajstić information content (AvgIpc) is 2.69. The molecule has 27 heavy (non-hydrogen) atoms. The van der Waals surface area contributed by atoms with Crippen LogP contribution in [0.5, 0.6) is 0 Å². The molecule has 1 N–H and O–H groups in total. The second kappa shape index (κ2) is 10.7. The van der Waals surface area contributed by atoms with Gasteiger partial charge in [-0.05, 0) is 44.2 Å². The fraction of sp³-hybridized carbons (Fsp3) is 0.636. The quantitative estimate of drug-likeness (QED) is 0.748. The highest BCUT2D eigenvalue weighted by molar-refractivity contribution is 8.00. The molecule has 0 unspecified atom stereocenters. The van der Waals surface area contributed by atoms with Gasteiger partial charge in [0.2, 0.25) is 5.91 Å². The number of thioether (sulfide) groups is 1. The molecule has 1 aliphatic carbocycles. The minimum Gasteiger partial charge on any atom is -0.353 e. The summed E-state index contributed by atoms with van der Waals surface area (Å²) in [5, 5.41) is 3.21. The van der Waals surface area contributed by atoms with Gasteiger partial charge in [0.1, 0.15) is 0 Å². The summed E-state index contributed by atoms with van der Waals surface area (Å²) < 4.78 is 0. The van der Waals surface area contributed by atoms with E-state index in [0.29, 0.717) is 11.8 Å². The van der Waals surface area contributed by atoms with Crippen molar-refractivity contribution in [1.29, 1.82) is 0 Å². The number of carbonyl (C=O) groups excluding carboxylic acids is 2.